The van der Waals surface area contributed by atoms with Gasteiger partial charge in [0.2, 0.25) is 0 Å². The van der Waals surface area contributed by atoms with Crippen molar-refractivity contribution in [3.05, 3.63) is 46.2 Å². The average Bonchev–Trinajstić information content (AvgIpc) is 3.10. The van der Waals surface area contributed by atoms with Crippen LogP contribution in [0.3, 0.4) is 0 Å². The van der Waals surface area contributed by atoms with Gasteiger partial charge in [-0.1, -0.05) is 6.07 Å². The van der Waals surface area contributed by atoms with Crippen LogP contribution in [0.15, 0.2) is 35.7 Å². The first-order valence-electron chi connectivity index (χ1n) is 7.90. The highest BCUT2D eigenvalue weighted by molar-refractivity contribution is 7.10. The Bertz CT molecular complexity index is 692. The van der Waals surface area contributed by atoms with Gasteiger partial charge >= 0.3 is 6.36 Å². The smallest absolute Gasteiger partial charge is 0.496 e. The number of rotatable bonds is 5. The maximum Gasteiger partial charge on any atom is 0.573 e. The van der Waals surface area contributed by atoms with Gasteiger partial charge in [-0.25, -0.2) is 0 Å². The molecule has 1 atom stereocenters. The van der Waals surface area contributed by atoms with Crippen LogP contribution in [0.1, 0.15) is 16.5 Å². The largest absolute Gasteiger partial charge is 0.573 e. The fourth-order valence-corrected chi connectivity index (χ4v) is 3.91. The van der Waals surface area contributed by atoms with Crippen molar-refractivity contribution in [2.24, 2.45) is 0 Å². The van der Waals surface area contributed by atoms with E-state index in [1.165, 1.54) is 19.2 Å². The summed E-state index contributed by atoms with van der Waals surface area (Å²) in [5.41, 5.74) is 0.835. The standard InChI is InChI=1S/C17H19F3N2O2S.ClH/c1-23-14-11-12(24-17(18,19)20)4-5-13(14)16(15-3-2-10-25-15)22-8-6-21-7-9-22;/h2-5,10-11,16,21H,6-9H2,1H3;1H/t16-;/m1./s1. The van der Waals surface area contributed by atoms with Gasteiger partial charge in [0, 0.05) is 42.7 Å². The van der Waals surface area contributed by atoms with Gasteiger partial charge in [0.25, 0.3) is 0 Å². The van der Waals surface area contributed by atoms with E-state index in [4.69, 9.17) is 4.74 Å². The van der Waals surface area contributed by atoms with E-state index < -0.39 is 6.36 Å². The molecule has 2 heterocycles. The van der Waals surface area contributed by atoms with Crippen LogP contribution < -0.4 is 14.8 Å². The van der Waals surface area contributed by atoms with Gasteiger partial charge in [-0.2, -0.15) is 0 Å². The highest BCUT2D eigenvalue weighted by atomic mass is 35.5. The summed E-state index contributed by atoms with van der Waals surface area (Å²) < 4.78 is 46.8. The van der Waals surface area contributed by atoms with Gasteiger partial charge in [-0.3, -0.25) is 4.90 Å². The fraction of sp³-hybridized carbons (Fsp3) is 0.412. The minimum absolute atomic E-state index is 0. The Kier molecular flexibility index (Phi) is 7.16. The summed E-state index contributed by atoms with van der Waals surface area (Å²) in [6, 6.07) is 8.25. The Morgan fingerprint density at radius 2 is 1.92 bits per heavy atom. The summed E-state index contributed by atoms with van der Waals surface area (Å²) in [7, 11) is 1.46. The van der Waals surface area contributed by atoms with Gasteiger partial charge in [0.1, 0.15) is 11.5 Å². The zero-order chi connectivity index (χ0) is 17.9. The monoisotopic (exact) mass is 408 g/mol. The van der Waals surface area contributed by atoms with Gasteiger partial charge in [0.15, 0.2) is 0 Å². The van der Waals surface area contributed by atoms with Crippen LogP contribution in [0, 0.1) is 0 Å². The Hall–Kier alpha value is -1.48. The van der Waals surface area contributed by atoms with E-state index in [2.05, 4.69) is 15.0 Å². The number of benzene rings is 1. The van der Waals surface area contributed by atoms with Crippen LogP contribution in [0.2, 0.25) is 0 Å². The Morgan fingerprint density at radius 1 is 1.19 bits per heavy atom. The van der Waals surface area contributed by atoms with E-state index in [0.29, 0.717) is 5.75 Å². The second-order valence-electron chi connectivity index (χ2n) is 5.66. The molecule has 1 aliphatic rings. The minimum atomic E-state index is -4.72. The van der Waals surface area contributed by atoms with Crippen molar-refractivity contribution in [3.63, 3.8) is 0 Å². The van der Waals surface area contributed by atoms with E-state index in [-0.39, 0.29) is 24.2 Å². The van der Waals surface area contributed by atoms with Crippen LogP contribution in [-0.2, 0) is 0 Å². The third-order valence-corrected chi connectivity index (χ3v) is 4.99. The molecule has 1 fully saturated rings. The molecular weight excluding hydrogens is 389 g/mol. The van der Waals surface area contributed by atoms with Crippen molar-refractivity contribution in [1.82, 2.24) is 10.2 Å². The first kappa shape index (κ1) is 20.8. The number of methoxy groups -OCH3 is 1. The Balaban J connectivity index is 0.00000243. The molecule has 0 bridgehead atoms. The van der Waals surface area contributed by atoms with Crippen molar-refractivity contribution in [1.29, 1.82) is 0 Å². The molecule has 0 aliphatic carbocycles. The van der Waals surface area contributed by atoms with Crippen molar-refractivity contribution in [3.8, 4) is 11.5 Å². The van der Waals surface area contributed by atoms with Crippen LogP contribution in [0.25, 0.3) is 0 Å². The summed E-state index contributed by atoms with van der Waals surface area (Å²) >= 11 is 1.62. The lowest BCUT2D eigenvalue weighted by molar-refractivity contribution is -0.274. The molecule has 0 unspecified atom stereocenters. The molecule has 2 aromatic rings. The van der Waals surface area contributed by atoms with Crippen molar-refractivity contribution in [2.45, 2.75) is 12.4 Å². The molecule has 4 nitrogen and oxygen atoms in total. The van der Waals surface area contributed by atoms with Crippen molar-refractivity contribution < 1.29 is 22.6 Å². The van der Waals surface area contributed by atoms with E-state index in [9.17, 15) is 13.2 Å². The summed E-state index contributed by atoms with van der Waals surface area (Å²) in [5, 5.41) is 5.31. The first-order chi connectivity index (χ1) is 12.0. The normalized spacial score (nSPS) is 16.6. The molecule has 0 saturated carbocycles. The number of nitrogens with zero attached hydrogens (tertiary/aromatic N) is 1. The molecule has 144 valence electrons. The van der Waals surface area contributed by atoms with Gasteiger partial charge < -0.3 is 14.8 Å². The number of alkyl halides is 3. The molecule has 26 heavy (non-hydrogen) atoms. The van der Waals surface area contributed by atoms with Crippen LogP contribution in [0.5, 0.6) is 11.5 Å². The molecule has 1 aromatic heterocycles. The van der Waals surface area contributed by atoms with Crippen molar-refractivity contribution >= 4 is 23.7 Å². The molecule has 3 rings (SSSR count). The summed E-state index contributed by atoms with van der Waals surface area (Å²) in [4.78, 5) is 3.44. The van der Waals surface area contributed by atoms with Gasteiger partial charge in [-0.05, 0) is 23.6 Å². The molecule has 0 radical (unpaired) electrons. The minimum Gasteiger partial charge on any atom is -0.496 e. The molecule has 9 heteroatoms. The third-order valence-electron chi connectivity index (χ3n) is 4.06. The average molecular weight is 409 g/mol. The molecule has 1 N–H and O–H groups in total. The summed E-state index contributed by atoms with van der Waals surface area (Å²) in [5.74, 6) is 0.108. The molecule has 0 spiro atoms. The molecular formula is C17H20ClF3N2O2S. The highest BCUT2D eigenvalue weighted by Crippen LogP contribution is 2.39. The molecule has 1 aliphatic heterocycles. The third kappa shape index (κ3) is 5.03. The topological polar surface area (TPSA) is 33.7 Å². The van der Waals surface area contributed by atoms with E-state index >= 15 is 0 Å². The maximum absolute atomic E-state index is 12.5. The lowest BCUT2D eigenvalue weighted by atomic mass is 10.0. The van der Waals surface area contributed by atoms with E-state index in [0.717, 1.165) is 36.6 Å². The SMILES string of the molecule is COc1cc(OC(F)(F)F)ccc1[C@H](c1cccs1)N1CCNCC1.Cl. The second kappa shape index (κ2) is 8.94. The Morgan fingerprint density at radius 3 is 2.50 bits per heavy atom. The van der Waals surface area contributed by atoms with Crippen LogP contribution in [0.4, 0.5) is 13.2 Å². The van der Waals surface area contributed by atoms with Crippen molar-refractivity contribution in [2.75, 3.05) is 33.3 Å². The number of nitrogens with one attached hydrogen (secondary N) is 1. The van der Waals surface area contributed by atoms with Crippen LogP contribution >= 0.6 is 23.7 Å². The molecule has 1 aromatic carbocycles. The first-order valence-corrected chi connectivity index (χ1v) is 8.78. The number of halogens is 4. The van der Waals surface area contributed by atoms with E-state index in [1.54, 1.807) is 17.4 Å². The quantitative estimate of drug-likeness (QED) is 0.808. The number of piperazine rings is 1. The molecule has 1 saturated heterocycles. The number of ether oxygens (including phenoxy) is 2. The summed E-state index contributed by atoms with van der Waals surface area (Å²) in [6.07, 6.45) is -4.72. The van der Waals surface area contributed by atoms with Gasteiger partial charge in [0.05, 0.1) is 13.2 Å². The predicted molar refractivity (Wildman–Crippen MR) is 97.5 cm³/mol. The zero-order valence-electron chi connectivity index (χ0n) is 14.1. The lowest BCUT2D eigenvalue weighted by Gasteiger charge is -2.35. The highest BCUT2D eigenvalue weighted by Gasteiger charge is 2.32. The zero-order valence-corrected chi connectivity index (χ0v) is 15.7. The number of thiophene rings is 1. The molecule has 0 amide bonds. The lowest BCUT2D eigenvalue weighted by Crippen LogP contribution is -2.45. The van der Waals surface area contributed by atoms with E-state index in [1.807, 2.05) is 17.5 Å². The predicted octanol–water partition coefficient (Wildman–Crippen LogP) is 4.07. The van der Waals surface area contributed by atoms with Gasteiger partial charge in [-0.15, -0.1) is 36.9 Å². The second-order valence-corrected chi connectivity index (χ2v) is 6.63. The fourth-order valence-electron chi connectivity index (χ4n) is 3.03. The maximum atomic E-state index is 12.5. The van der Waals surface area contributed by atoms with Crippen LogP contribution in [-0.4, -0.2) is 44.6 Å². The number of hydrogen-bond acceptors (Lipinski definition) is 5. The summed E-state index contributed by atoms with van der Waals surface area (Å²) in [6.45, 7) is 3.46. The number of hydrogen-bond donors (Lipinski definition) is 1. The Labute approximate surface area is 160 Å².